The van der Waals surface area contributed by atoms with Crippen molar-refractivity contribution in [3.8, 4) is 0 Å². The highest BCUT2D eigenvalue weighted by Gasteiger charge is 2.60. The van der Waals surface area contributed by atoms with Crippen molar-refractivity contribution in [3.05, 3.63) is 81.4 Å². The van der Waals surface area contributed by atoms with Crippen molar-refractivity contribution >= 4 is 45.6 Å². The van der Waals surface area contributed by atoms with Gasteiger partial charge in [-0.3, -0.25) is 18.8 Å². The molecule has 0 spiro atoms. The van der Waals surface area contributed by atoms with E-state index in [0.29, 0.717) is 38.3 Å². The monoisotopic (exact) mass is 457 g/mol. The maximum absolute atomic E-state index is 13.6. The molecule has 2 aromatic heterocycles. The van der Waals surface area contributed by atoms with Gasteiger partial charge in [0.2, 0.25) is 0 Å². The second-order valence-electron chi connectivity index (χ2n) is 7.09. The SMILES string of the molecule is CS(=O)c1ccc(C(=O)N2CCN3C(=O)c4ccncc4C23c2ccc(Cl)cc2)s1. The van der Waals surface area contributed by atoms with Crippen LogP contribution in [0.15, 0.2) is 59.1 Å². The fraction of sp³-hybridized carbons (Fsp3) is 0.190. The Bertz CT molecular complexity index is 1210. The van der Waals surface area contributed by atoms with Crippen LogP contribution in [0.3, 0.4) is 0 Å². The molecule has 0 bridgehead atoms. The lowest BCUT2D eigenvalue weighted by atomic mass is 9.91. The Morgan fingerprint density at radius 1 is 1.17 bits per heavy atom. The first-order valence-corrected chi connectivity index (χ1v) is 12.0. The number of hydrogen-bond acceptors (Lipinski definition) is 5. The van der Waals surface area contributed by atoms with E-state index in [-0.39, 0.29) is 11.8 Å². The Morgan fingerprint density at radius 3 is 2.63 bits per heavy atom. The Hall–Kier alpha value is -2.55. The molecule has 6 nitrogen and oxygen atoms in total. The number of carbonyl (C=O) groups is 2. The van der Waals surface area contributed by atoms with Gasteiger partial charge in [0.15, 0.2) is 5.66 Å². The van der Waals surface area contributed by atoms with Crippen LogP contribution in [0.4, 0.5) is 0 Å². The third-order valence-electron chi connectivity index (χ3n) is 5.57. The van der Waals surface area contributed by atoms with Crippen molar-refractivity contribution in [2.45, 2.75) is 9.87 Å². The van der Waals surface area contributed by atoms with Gasteiger partial charge in [0.05, 0.1) is 25.4 Å². The summed E-state index contributed by atoms with van der Waals surface area (Å²) in [6.07, 6.45) is 4.83. The summed E-state index contributed by atoms with van der Waals surface area (Å²) in [5.41, 5.74) is 0.907. The van der Waals surface area contributed by atoms with Gasteiger partial charge in [0.1, 0.15) is 0 Å². The van der Waals surface area contributed by atoms with Crippen molar-refractivity contribution in [1.82, 2.24) is 14.8 Å². The molecule has 1 saturated heterocycles. The number of hydrogen-bond donors (Lipinski definition) is 0. The zero-order chi connectivity index (χ0) is 21.0. The predicted octanol–water partition coefficient (Wildman–Crippen LogP) is 3.35. The highest BCUT2D eigenvalue weighted by molar-refractivity contribution is 7.86. The number of amides is 2. The summed E-state index contributed by atoms with van der Waals surface area (Å²) < 4.78 is 12.5. The maximum atomic E-state index is 13.6. The molecule has 30 heavy (non-hydrogen) atoms. The molecular formula is C21H16ClN3O3S2. The van der Waals surface area contributed by atoms with E-state index < -0.39 is 16.5 Å². The normalized spacial score (nSPS) is 20.9. The fourth-order valence-electron chi connectivity index (χ4n) is 4.33. The lowest BCUT2D eigenvalue weighted by molar-refractivity contribution is 0.0378. The van der Waals surface area contributed by atoms with Crippen LogP contribution >= 0.6 is 22.9 Å². The average Bonchev–Trinajstić information content (AvgIpc) is 3.44. The molecule has 1 fully saturated rings. The summed E-state index contributed by atoms with van der Waals surface area (Å²) in [5, 5.41) is 0.571. The summed E-state index contributed by atoms with van der Waals surface area (Å²) in [5.74, 6) is -0.335. The standard InChI is InChI=1S/C21H16ClN3O3S2/c1-30(28)18-7-6-17(29-18)20(27)25-11-10-24-19(26)15-8-9-23-12-16(15)21(24,25)13-2-4-14(22)5-3-13/h2-9,12H,10-11H2,1H3. The van der Waals surface area contributed by atoms with Crippen molar-refractivity contribution in [2.75, 3.05) is 19.3 Å². The van der Waals surface area contributed by atoms with E-state index in [9.17, 15) is 13.8 Å². The van der Waals surface area contributed by atoms with Gasteiger partial charge in [-0.15, -0.1) is 11.3 Å². The van der Waals surface area contributed by atoms with Crippen LogP contribution in [0, 0.1) is 0 Å². The molecule has 5 rings (SSSR count). The van der Waals surface area contributed by atoms with Gasteiger partial charge < -0.3 is 9.80 Å². The van der Waals surface area contributed by atoms with Crippen molar-refractivity contribution in [2.24, 2.45) is 0 Å². The van der Waals surface area contributed by atoms with Gasteiger partial charge >= 0.3 is 0 Å². The zero-order valence-corrected chi connectivity index (χ0v) is 18.3. The number of carbonyl (C=O) groups excluding carboxylic acids is 2. The number of nitrogens with zero attached hydrogens (tertiary/aromatic N) is 3. The smallest absolute Gasteiger partial charge is 0.266 e. The van der Waals surface area contributed by atoms with Crippen LogP contribution in [0.1, 0.15) is 31.2 Å². The van der Waals surface area contributed by atoms with Crippen molar-refractivity contribution < 1.29 is 13.8 Å². The summed E-state index contributed by atoms with van der Waals surface area (Å²) in [4.78, 5) is 35.0. The Morgan fingerprint density at radius 2 is 1.93 bits per heavy atom. The van der Waals surface area contributed by atoms with Crippen LogP contribution < -0.4 is 0 Å². The topological polar surface area (TPSA) is 70.6 Å². The fourth-order valence-corrected chi connectivity index (χ4v) is 6.14. The number of thiophene rings is 1. The summed E-state index contributed by atoms with van der Waals surface area (Å²) in [7, 11) is -1.16. The van der Waals surface area contributed by atoms with Gasteiger partial charge in [-0.25, -0.2) is 0 Å². The van der Waals surface area contributed by atoms with E-state index in [1.807, 2.05) is 12.1 Å². The van der Waals surface area contributed by atoms with E-state index in [1.165, 1.54) is 11.3 Å². The lowest BCUT2D eigenvalue weighted by Gasteiger charge is -2.40. The van der Waals surface area contributed by atoms with Crippen molar-refractivity contribution in [3.63, 3.8) is 0 Å². The van der Waals surface area contributed by atoms with Gasteiger partial charge in [-0.1, -0.05) is 23.7 Å². The minimum atomic E-state index is -1.16. The Labute approximate surface area is 184 Å². The molecule has 2 amide bonds. The average molecular weight is 458 g/mol. The first kappa shape index (κ1) is 19.4. The minimum absolute atomic E-state index is 0.126. The summed E-state index contributed by atoms with van der Waals surface area (Å²) in [6, 6.07) is 12.3. The van der Waals surface area contributed by atoms with Crippen molar-refractivity contribution in [1.29, 1.82) is 0 Å². The maximum Gasteiger partial charge on any atom is 0.266 e. The van der Waals surface area contributed by atoms with Gasteiger partial charge in [0.25, 0.3) is 11.8 Å². The molecule has 9 heteroatoms. The van der Waals surface area contributed by atoms with Crippen LogP contribution in [-0.4, -0.2) is 50.2 Å². The molecular weight excluding hydrogens is 442 g/mol. The lowest BCUT2D eigenvalue weighted by Crippen LogP contribution is -2.51. The number of benzene rings is 1. The minimum Gasteiger partial charge on any atom is -0.306 e. The molecule has 1 aromatic carbocycles. The number of rotatable bonds is 3. The molecule has 2 atom stereocenters. The first-order chi connectivity index (χ1) is 14.4. The van der Waals surface area contributed by atoms with Gasteiger partial charge in [-0.2, -0.15) is 0 Å². The molecule has 0 aliphatic carbocycles. The number of aromatic nitrogens is 1. The molecule has 152 valence electrons. The number of fused-ring (bicyclic) bond motifs is 3. The summed E-state index contributed by atoms with van der Waals surface area (Å²) >= 11 is 7.33. The van der Waals surface area contributed by atoms with Gasteiger partial charge in [-0.05, 0) is 30.3 Å². The first-order valence-electron chi connectivity index (χ1n) is 9.22. The second-order valence-corrected chi connectivity index (χ2v) is 10.2. The Balaban J connectivity index is 1.71. The molecule has 4 heterocycles. The van der Waals surface area contributed by atoms with E-state index in [2.05, 4.69) is 4.98 Å². The quantitative estimate of drug-likeness (QED) is 0.604. The van der Waals surface area contributed by atoms with Crippen LogP contribution in [-0.2, 0) is 16.5 Å². The third-order valence-corrected chi connectivity index (χ3v) is 8.34. The van der Waals surface area contributed by atoms with E-state index >= 15 is 0 Å². The van der Waals surface area contributed by atoms with Crippen LogP contribution in [0.2, 0.25) is 5.02 Å². The van der Waals surface area contributed by atoms with Crippen LogP contribution in [0.25, 0.3) is 0 Å². The molecule has 3 aromatic rings. The van der Waals surface area contributed by atoms with Gasteiger partial charge in [0, 0.05) is 47.9 Å². The number of pyridine rings is 1. The predicted molar refractivity (Wildman–Crippen MR) is 115 cm³/mol. The molecule has 0 saturated carbocycles. The van der Waals surface area contributed by atoms with Crippen LogP contribution in [0.5, 0.6) is 0 Å². The summed E-state index contributed by atoms with van der Waals surface area (Å²) in [6.45, 7) is 0.782. The largest absolute Gasteiger partial charge is 0.306 e. The molecule has 0 N–H and O–H groups in total. The van der Waals surface area contributed by atoms with E-state index in [1.54, 1.807) is 58.8 Å². The number of halogens is 1. The highest BCUT2D eigenvalue weighted by Crippen LogP contribution is 2.50. The highest BCUT2D eigenvalue weighted by atomic mass is 35.5. The molecule has 2 aliphatic rings. The molecule has 0 radical (unpaired) electrons. The molecule has 2 unspecified atom stereocenters. The third kappa shape index (κ3) is 2.60. The zero-order valence-electron chi connectivity index (χ0n) is 15.9. The molecule has 2 aliphatic heterocycles. The van der Waals surface area contributed by atoms with E-state index in [0.717, 1.165) is 5.56 Å². The van der Waals surface area contributed by atoms with E-state index in [4.69, 9.17) is 11.6 Å². The Kier molecular flexibility index (Phi) is 4.53. The second kappa shape index (κ2) is 7.01.